The summed E-state index contributed by atoms with van der Waals surface area (Å²) in [7, 11) is 0. The predicted octanol–water partition coefficient (Wildman–Crippen LogP) is 1.56. The van der Waals surface area contributed by atoms with Crippen LogP contribution in [0.25, 0.3) is 0 Å². The van der Waals surface area contributed by atoms with Gasteiger partial charge in [-0.25, -0.2) is 4.68 Å². The molecule has 1 unspecified atom stereocenters. The molecule has 5 rings (SSSR count). The number of anilines is 1. The van der Waals surface area contributed by atoms with Crippen LogP contribution in [0.5, 0.6) is 0 Å². The van der Waals surface area contributed by atoms with Crippen molar-refractivity contribution in [1.82, 2.24) is 24.9 Å². The Labute approximate surface area is 176 Å². The first-order valence-electron chi connectivity index (χ1n) is 11.3. The lowest BCUT2D eigenvalue weighted by molar-refractivity contribution is 0.109. The Morgan fingerprint density at radius 1 is 1.03 bits per heavy atom. The second-order valence-corrected chi connectivity index (χ2v) is 8.60. The summed E-state index contributed by atoms with van der Waals surface area (Å²) >= 11 is 0. The van der Waals surface area contributed by atoms with Crippen LogP contribution in [0.2, 0.25) is 0 Å². The average Bonchev–Trinajstić information content (AvgIpc) is 3.23. The largest absolute Gasteiger partial charge is 0.376 e. The van der Waals surface area contributed by atoms with Gasteiger partial charge in [0.25, 0.3) is 5.56 Å². The van der Waals surface area contributed by atoms with Crippen molar-refractivity contribution >= 4 is 5.82 Å². The highest BCUT2D eigenvalue weighted by Crippen LogP contribution is 2.20. The summed E-state index contributed by atoms with van der Waals surface area (Å²) in [5.74, 6) is 0.821. The fraction of sp³-hybridized carbons (Fsp3) is 0.636. The van der Waals surface area contributed by atoms with E-state index >= 15 is 0 Å². The first-order valence-corrected chi connectivity index (χ1v) is 11.3. The van der Waals surface area contributed by atoms with Gasteiger partial charge in [0.2, 0.25) is 0 Å². The number of aromatic nitrogens is 4. The highest BCUT2D eigenvalue weighted by Gasteiger charge is 2.23. The van der Waals surface area contributed by atoms with Gasteiger partial charge in [0.15, 0.2) is 0 Å². The van der Waals surface area contributed by atoms with Gasteiger partial charge in [0, 0.05) is 37.2 Å². The van der Waals surface area contributed by atoms with Crippen LogP contribution in [0.3, 0.4) is 0 Å². The first kappa shape index (κ1) is 19.6. The molecule has 1 fully saturated rings. The molecule has 2 aromatic rings. The minimum absolute atomic E-state index is 0.0360. The van der Waals surface area contributed by atoms with E-state index in [1.54, 1.807) is 10.7 Å². The number of ether oxygens (including phenoxy) is 1. The van der Waals surface area contributed by atoms with Gasteiger partial charge in [-0.2, -0.15) is 10.2 Å². The normalized spacial score (nSPS) is 21.3. The van der Waals surface area contributed by atoms with Crippen molar-refractivity contribution < 1.29 is 4.74 Å². The standard InChI is InChI=1S/C22H30N6O2/c29-22-13-16-4-3-6-20(16)26-28(22)10-9-27-8-2-1-5-18(27)14-23-21-12-17-15-30-11-7-19(17)24-25-21/h12-13,18H,1-11,14-15H2,(H,23,25). The third-order valence-corrected chi connectivity index (χ3v) is 6.59. The molecule has 0 spiro atoms. The number of piperidine rings is 1. The van der Waals surface area contributed by atoms with Crippen LogP contribution in [0, 0.1) is 0 Å². The van der Waals surface area contributed by atoms with Crippen LogP contribution in [0.4, 0.5) is 5.82 Å². The van der Waals surface area contributed by atoms with Gasteiger partial charge < -0.3 is 10.1 Å². The Kier molecular flexibility index (Phi) is 5.77. The smallest absolute Gasteiger partial charge is 0.267 e. The zero-order valence-corrected chi connectivity index (χ0v) is 17.5. The molecule has 1 aliphatic carbocycles. The number of aryl methyl sites for hydroxylation is 2. The van der Waals surface area contributed by atoms with Crippen LogP contribution in [-0.4, -0.2) is 57.2 Å². The molecule has 1 saturated heterocycles. The molecule has 0 bridgehead atoms. The third-order valence-electron chi connectivity index (χ3n) is 6.59. The Morgan fingerprint density at radius 3 is 2.97 bits per heavy atom. The molecule has 1 atom stereocenters. The molecule has 30 heavy (non-hydrogen) atoms. The topological polar surface area (TPSA) is 85.2 Å². The minimum atomic E-state index is 0.0360. The average molecular weight is 411 g/mol. The summed E-state index contributed by atoms with van der Waals surface area (Å²) in [5, 5.41) is 16.8. The van der Waals surface area contributed by atoms with Crippen molar-refractivity contribution in [3.05, 3.63) is 45.0 Å². The summed E-state index contributed by atoms with van der Waals surface area (Å²) in [5.41, 5.74) is 4.49. The van der Waals surface area contributed by atoms with E-state index in [1.165, 1.54) is 12.8 Å². The van der Waals surface area contributed by atoms with Gasteiger partial charge in [0.1, 0.15) is 5.82 Å². The zero-order valence-electron chi connectivity index (χ0n) is 17.5. The Balaban J connectivity index is 1.20. The molecule has 0 radical (unpaired) electrons. The monoisotopic (exact) mass is 410 g/mol. The van der Waals surface area contributed by atoms with Crippen molar-refractivity contribution in [3.8, 4) is 0 Å². The maximum Gasteiger partial charge on any atom is 0.267 e. The molecule has 1 N–H and O–H groups in total. The summed E-state index contributed by atoms with van der Waals surface area (Å²) in [6, 6.07) is 4.30. The first-order chi connectivity index (χ1) is 14.8. The van der Waals surface area contributed by atoms with Crippen molar-refractivity contribution in [1.29, 1.82) is 0 Å². The number of likely N-dealkylation sites (tertiary alicyclic amines) is 1. The summed E-state index contributed by atoms with van der Waals surface area (Å²) in [6.07, 6.45) is 7.55. The predicted molar refractivity (Wildman–Crippen MR) is 114 cm³/mol. The summed E-state index contributed by atoms with van der Waals surface area (Å²) in [4.78, 5) is 14.9. The summed E-state index contributed by atoms with van der Waals surface area (Å²) < 4.78 is 7.20. The van der Waals surface area contributed by atoms with E-state index in [-0.39, 0.29) is 5.56 Å². The van der Waals surface area contributed by atoms with E-state index in [9.17, 15) is 4.79 Å². The SMILES string of the molecule is O=c1cc2c(nn1CCN1CCCCC1CNc1cc3c(nn1)CCOC3)CCC2. The van der Waals surface area contributed by atoms with E-state index in [0.29, 0.717) is 19.2 Å². The second kappa shape index (κ2) is 8.81. The van der Waals surface area contributed by atoms with Crippen molar-refractivity contribution in [2.75, 3.05) is 31.6 Å². The molecule has 8 nitrogen and oxygen atoms in total. The molecule has 160 valence electrons. The number of nitrogens with zero attached hydrogens (tertiary/aromatic N) is 5. The van der Waals surface area contributed by atoms with Gasteiger partial charge in [-0.05, 0) is 50.3 Å². The summed E-state index contributed by atoms with van der Waals surface area (Å²) in [6.45, 7) is 4.75. The molecule has 4 heterocycles. The van der Waals surface area contributed by atoms with E-state index < -0.39 is 0 Å². The van der Waals surface area contributed by atoms with Gasteiger partial charge in [-0.3, -0.25) is 9.69 Å². The molecule has 2 aliphatic heterocycles. The Morgan fingerprint density at radius 2 is 2.00 bits per heavy atom. The van der Waals surface area contributed by atoms with Crippen molar-refractivity contribution in [2.45, 2.75) is 64.1 Å². The lowest BCUT2D eigenvalue weighted by atomic mass is 10.0. The molecule has 2 aromatic heterocycles. The number of nitrogens with one attached hydrogen (secondary N) is 1. The Bertz CT molecular complexity index is 959. The number of hydrogen-bond acceptors (Lipinski definition) is 7. The van der Waals surface area contributed by atoms with Crippen LogP contribution in [0.15, 0.2) is 16.9 Å². The fourth-order valence-corrected chi connectivity index (χ4v) is 4.86. The zero-order chi connectivity index (χ0) is 20.3. The van der Waals surface area contributed by atoms with Crippen molar-refractivity contribution in [3.63, 3.8) is 0 Å². The molecule has 0 aromatic carbocycles. The fourth-order valence-electron chi connectivity index (χ4n) is 4.86. The number of rotatable bonds is 6. The maximum atomic E-state index is 12.4. The third kappa shape index (κ3) is 4.25. The van der Waals surface area contributed by atoms with E-state index in [1.807, 2.05) is 0 Å². The highest BCUT2D eigenvalue weighted by atomic mass is 16.5. The van der Waals surface area contributed by atoms with Gasteiger partial charge in [0.05, 0.1) is 31.1 Å². The molecule has 3 aliphatic rings. The highest BCUT2D eigenvalue weighted by molar-refractivity contribution is 5.38. The molecular formula is C22H30N6O2. The number of hydrogen-bond donors (Lipinski definition) is 1. The lowest BCUT2D eigenvalue weighted by Gasteiger charge is -2.36. The van der Waals surface area contributed by atoms with Gasteiger partial charge >= 0.3 is 0 Å². The van der Waals surface area contributed by atoms with Crippen LogP contribution in [-0.2, 0) is 37.2 Å². The maximum absolute atomic E-state index is 12.4. The lowest BCUT2D eigenvalue weighted by Crippen LogP contribution is -2.45. The van der Waals surface area contributed by atoms with E-state index in [2.05, 4.69) is 31.6 Å². The van der Waals surface area contributed by atoms with Crippen molar-refractivity contribution in [2.24, 2.45) is 0 Å². The quantitative estimate of drug-likeness (QED) is 0.774. The van der Waals surface area contributed by atoms with E-state index in [4.69, 9.17) is 4.74 Å². The van der Waals surface area contributed by atoms with Crippen LogP contribution < -0.4 is 10.9 Å². The molecule has 0 amide bonds. The molecular weight excluding hydrogens is 380 g/mol. The van der Waals surface area contributed by atoms with Gasteiger partial charge in [-0.15, -0.1) is 5.10 Å². The Hall–Kier alpha value is -2.32. The molecule has 0 saturated carbocycles. The van der Waals surface area contributed by atoms with E-state index in [0.717, 1.165) is 86.7 Å². The molecule has 8 heteroatoms. The number of fused-ring (bicyclic) bond motifs is 2. The van der Waals surface area contributed by atoms with Crippen LogP contribution >= 0.6 is 0 Å². The minimum Gasteiger partial charge on any atom is -0.376 e. The van der Waals surface area contributed by atoms with Crippen LogP contribution in [0.1, 0.15) is 48.2 Å². The second-order valence-electron chi connectivity index (χ2n) is 8.60. The van der Waals surface area contributed by atoms with Gasteiger partial charge in [-0.1, -0.05) is 6.42 Å².